The predicted molar refractivity (Wildman–Crippen MR) is 97.9 cm³/mol. The van der Waals surface area contributed by atoms with E-state index < -0.39 is 16.0 Å². The van der Waals surface area contributed by atoms with Crippen LogP contribution >= 0.6 is 11.6 Å². The molecule has 7 nitrogen and oxygen atoms in total. The summed E-state index contributed by atoms with van der Waals surface area (Å²) in [5.74, 6) is -1.46. The van der Waals surface area contributed by atoms with E-state index in [4.69, 9.17) is 16.3 Å². The van der Waals surface area contributed by atoms with Crippen LogP contribution < -0.4 is 5.32 Å². The molecule has 0 unspecified atom stereocenters. The maximum absolute atomic E-state index is 13.1. The molecule has 1 heterocycles. The average molecular weight is 399 g/mol. The van der Waals surface area contributed by atoms with E-state index >= 15 is 0 Å². The Hall–Kier alpha value is -2.32. The SMILES string of the molecule is CCOC(=O)c1cccn1S(=O)(=O)c1cc(Cl)ccc1NC(=O)C(C)C. The van der Waals surface area contributed by atoms with Crippen LogP contribution in [0, 0.1) is 5.92 Å². The number of benzene rings is 1. The Labute approximate surface area is 157 Å². The maximum atomic E-state index is 13.1. The minimum absolute atomic E-state index is 0.0802. The number of hydrogen-bond donors (Lipinski definition) is 1. The molecule has 26 heavy (non-hydrogen) atoms. The Kier molecular flexibility index (Phi) is 6.09. The van der Waals surface area contributed by atoms with Crippen molar-refractivity contribution in [2.75, 3.05) is 11.9 Å². The van der Waals surface area contributed by atoms with Gasteiger partial charge in [-0.25, -0.2) is 17.2 Å². The molecule has 1 amide bonds. The van der Waals surface area contributed by atoms with Gasteiger partial charge in [0.15, 0.2) is 0 Å². The summed E-state index contributed by atoms with van der Waals surface area (Å²) in [6.07, 6.45) is 1.23. The lowest BCUT2D eigenvalue weighted by atomic mass is 10.2. The van der Waals surface area contributed by atoms with Gasteiger partial charge >= 0.3 is 5.97 Å². The third-order valence-electron chi connectivity index (χ3n) is 3.46. The lowest BCUT2D eigenvalue weighted by molar-refractivity contribution is -0.118. The van der Waals surface area contributed by atoms with E-state index in [1.165, 1.54) is 36.5 Å². The molecule has 0 aliphatic heterocycles. The molecule has 0 bridgehead atoms. The largest absolute Gasteiger partial charge is 0.461 e. The highest BCUT2D eigenvalue weighted by Crippen LogP contribution is 2.28. The number of esters is 1. The molecule has 1 N–H and O–H groups in total. The van der Waals surface area contributed by atoms with Gasteiger partial charge in [-0.2, -0.15) is 0 Å². The Morgan fingerprint density at radius 2 is 1.96 bits per heavy atom. The molecule has 0 fully saturated rings. The minimum atomic E-state index is -4.20. The monoisotopic (exact) mass is 398 g/mol. The summed E-state index contributed by atoms with van der Waals surface area (Å²) in [5.41, 5.74) is -0.0652. The van der Waals surface area contributed by atoms with Crippen molar-refractivity contribution >= 4 is 39.2 Å². The first kappa shape index (κ1) is 20.0. The number of rotatable bonds is 6. The van der Waals surface area contributed by atoms with E-state index in [2.05, 4.69) is 5.32 Å². The molecular weight excluding hydrogens is 380 g/mol. The topological polar surface area (TPSA) is 94.5 Å². The second-order valence-electron chi connectivity index (χ2n) is 5.70. The van der Waals surface area contributed by atoms with Gasteiger partial charge in [-0.15, -0.1) is 0 Å². The van der Waals surface area contributed by atoms with Crippen LogP contribution in [-0.2, 0) is 19.6 Å². The van der Waals surface area contributed by atoms with Crippen LogP contribution in [-0.4, -0.2) is 30.9 Å². The van der Waals surface area contributed by atoms with Gasteiger partial charge in [0.25, 0.3) is 10.0 Å². The molecule has 0 radical (unpaired) electrons. The third kappa shape index (κ3) is 4.08. The number of amides is 1. The van der Waals surface area contributed by atoms with Crippen molar-refractivity contribution in [2.45, 2.75) is 25.7 Å². The quantitative estimate of drug-likeness (QED) is 0.754. The zero-order valence-corrected chi connectivity index (χ0v) is 16.1. The first-order chi connectivity index (χ1) is 12.2. The van der Waals surface area contributed by atoms with Crippen LogP contribution in [0.15, 0.2) is 41.4 Å². The molecule has 1 aromatic heterocycles. The number of aromatic nitrogens is 1. The molecule has 0 atom stereocenters. The first-order valence-corrected chi connectivity index (χ1v) is 9.70. The number of nitrogens with zero attached hydrogens (tertiary/aromatic N) is 1. The van der Waals surface area contributed by atoms with Gasteiger partial charge in [0.1, 0.15) is 10.6 Å². The number of hydrogen-bond acceptors (Lipinski definition) is 5. The number of nitrogens with one attached hydrogen (secondary N) is 1. The van der Waals surface area contributed by atoms with Gasteiger partial charge in [-0.05, 0) is 37.3 Å². The summed E-state index contributed by atoms with van der Waals surface area (Å²) in [6.45, 7) is 5.10. The molecule has 0 spiro atoms. The van der Waals surface area contributed by atoms with Gasteiger partial charge < -0.3 is 10.1 Å². The molecule has 0 saturated heterocycles. The average Bonchev–Trinajstić information content (AvgIpc) is 3.07. The van der Waals surface area contributed by atoms with Crippen molar-refractivity contribution < 1.29 is 22.7 Å². The van der Waals surface area contributed by atoms with Crippen molar-refractivity contribution in [1.29, 1.82) is 0 Å². The van der Waals surface area contributed by atoms with Crippen molar-refractivity contribution in [1.82, 2.24) is 3.97 Å². The third-order valence-corrected chi connectivity index (χ3v) is 5.43. The number of ether oxygens (including phenoxy) is 1. The first-order valence-electron chi connectivity index (χ1n) is 7.89. The summed E-state index contributed by atoms with van der Waals surface area (Å²) in [6, 6.07) is 6.86. The van der Waals surface area contributed by atoms with Crippen LogP contribution in [0.25, 0.3) is 0 Å². The highest BCUT2D eigenvalue weighted by atomic mass is 35.5. The second kappa shape index (κ2) is 7.92. The Balaban J connectivity index is 2.57. The zero-order chi connectivity index (χ0) is 19.5. The molecule has 140 valence electrons. The zero-order valence-electron chi connectivity index (χ0n) is 14.5. The van der Waals surface area contributed by atoms with E-state index in [1.807, 2.05) is 0 Å². The van der Waals surface area contributed by atoms with Crippen LogP contribution in [0.2, 0.25) is 5.02 Å². The van der Waals surface area contributed by atoms with E-state index in [0.717, 1.165) is 3.97 Å². The summed E-state index contributed by atoms with van der Waals surface area (Å²) < 4.78 is 31.9. The Morgan fingerprint density at radius 3 is 2.58 bits per heavy atom. The lowest BCUT2D eigenvalue weighted by Crippen LogP contribution is -2.23. The van der Waals surface area contributed by atoms with Gasteiger partial charge in [0, 0.05) is 17.1 Å². The number of halogens is 1. The molecule has 0 aliphatic carbocycles. The van der Waals surface area contributed by atoms with Crippen molar-refractivity contribution in [3.8, 4) is 0 Å². The molecule has 0 saturated carbocycles. The fourth-order valence-corrected chi connectivity index (χ4v) is 3.88. The summed E-state index contributed by atoms with van der Waals surface area (Å²) in [4.78, 5) is 23.8. The van der Waals surface area contributed by atoms with Gasteiger partial charge in [0.05, 0.1) is 12.3 Å². The predicted octanol–water partition coefficient (Wildman–Crippen LogP) is 3.15. The van der Waals surface area contributed by atoms with Crippen molar-refractivity contribution in [3.63, 3.8) is 0 Å². The molecule has 0 aliphatic rings. The van der Waals surface area contributed by atoms with E-state index in [-0.39, 0.29) is 39.7 Å². The van der Waals surface area contributed by atoms with E-state index in [1.54, 1.807) is 20.8 Å². The molecule has 2 aromatic rings. The number of carbonyl (C=O) groups excluding carboxylic acids is 2. The van der Waals surface area contributed by atoms with Gasteiger partial charge in [0.2, 0.25) is 5.91 Å². The van der Waals surface area contributed by atoms with Crippen LogP contribution in [0.1, 0.15) is 31.3 Å². The lowest BCUT2D eigenvalue weighted by Gasteiger charge is -2.15. The molecular formula is C17H19ClN2O5S. The van der Waals surface area contributed by atoms with Crippen LogP contribution in [0.4, 0.5) is 5.69 Å². The maximum Gasteiger partial charge on any atom is 0.355 e. The fraction of sp³-hybridized carbons (Fsp3) is 0.294. The number of carbonyl (C=O) groups is 2. The molecule has 2 rings (SSSR count). The van der Waals surface area contributed by atoms with Crippen molar-refractivity contribution in [2.24, 2.45) is 5.92 Å². The Morgan fingerprint density at radius 1 is 1.27 bits per heavy atom. The fourth-order valence-electron chi connectivity index (χ4n) is 2.13. The van der Waals surface area contributed by atoms with Crippen molar-refractivity contribution in [3.05, 3.63) is 47.2 Å². The van der Waals surface area contributed by atoms with Gasteiger partial charge in [-0.1, -0.05) is 25.4 Å². The highest BCUT2D eigenvalue weighted by molar-refractivity contribution is 7.90. The second-order valence-corrected chi connectivity index (χ2v) is 7.92. The Bertz CT molecular complexity index is 934. The number of anilines is 1. The normalized spacial score (nSPS) is 11.4. The van der Waals surface area contributed by atoms with Gasteiger partial charge in [-0.3, -0.25) is 4.79 Å². The summed E-state index contributed by atoms with van der Waals surface area (Å²) >= 11 is 5.96. The van der Waals surface area contributed by atoms with Crippen LogP contribution in [0.5, 0.6) is 0 Å². The smallest absolute Gasteiger partial charge is 0.355 e. The van der Waals surface area contributed by atoms with E-state index in [9.17, 15) is 18.0 Å². The summed E-state index contributed by atoms with van der Waals surface area (Å²) in [5, 5.41) is 2.75. The minimum Gasteiger partial charge on any atom is -0.461 e. The van der Waals surface area contributed by atoms with E-state index in [0.29, 0.717) is 0 Å². The highest BCUT2D eigenvalue weighted by Gasteiger charge is 2.27. The standard InChI is InChI=1S/C17H19ClN2O5S/c1-4-25-17(22)14-6-5-9-20(14)26(23,24)15-10-12(18)7-8-13(15)19-16(21)11(2)3/h5-11H,4H2,1-3H3,(H,19,21). The van der Waals surface area contributed by atoms with Crippen LogP contribution in [0.3, 0.4) is 0 Å². The molecule has 1 aromatic carbocycles. The molecule has 9 heteroatoms. The summed E-state index contributed by atoms with van der Waals surface area (Å²) in [7, 11) is -4.20.